The van der Waals surface area contributed by atoms with E-state index in [9.17, 15) is 4.79 Å². The lowest BCUT2D eigenvalue weighted by Crippen LogP contribution is -2.38. The van der Waals surface area contributed by atoms with Crippen LogP contribution in [0.1, 0.15) is 44.9 Å². The number of anilines is 1. The molecule has 6 rings (SSSR count). The summed E-state index contributed by atoms with van der Waals surface area (Å²) >= 11 is 0. The van der Waals surface area contributed by atoms with Crippen LogP contribution in [0.4, 0.5) is 10.1 Å². The molecule has 3 aliphatic rings. The van der Waals surface area contributed by atoms with E-state index in [0.717, 1.165) is 50.1 Å². The smallest absolute Gasteiger partial charge is 0.262 e. The Morgan fingerprint density at radius 2 is 1.89 bits per heavy atom. The summed E-state index contributed by atoms with van der Waals surface area (Å²) in [6.45, 7) is 2.97. The summed E-state index contributed by atoms with van der Waals surface area (Å²) in [4.78, 5) is 15.3. The third-order valence-electron chi connectivity index (χ3n) is 7.90. The van der Waals surface area contributed by atoms with E-state index in [1.807, 2.05) is 24.3 Å². The molecular formula is C29H34FN3O3. The molecular weight excluding hydrogens is 457 g/mol. The standard InChI is InChI=1S/C29H34FN3O3/c30-27-17-23(7-10-28(27)32-13-12-22(18-32)31-21-4-1-2-5-21)33-14-11-20-16-24(8-9-26(20)29(33)34)36-19-25-6-3-15-35-25/h7-11,14,16-17,21-22,25,31H,1-6,12-13,15,18-19H2. The maximum atomic E-state index is 15.2. The van der Waals surface area contributed by atoms with Crippen LogP contribution < -0.4 is 20.5 Å². The van der Waals surface area contributed by atoms with E-state index in [4.69, 9.17) is 9.47 Å². The Labute approximate surface area is 211 Å². The van der Waals surface area contributed by atoms with E-state index in [0.29, 0.717) is 35.5 Å². The van der Waals surface area contributed by atoms with Crippen molar-refractivity contribution in [3.8, 4) is 11.4 Å². The Hall–Kier alpha value is -2.90. The molecule has 0 bridgehead atoms. The van der Waals surface area contributed by atoms with E-state index in [2.05, 4.69) is 10.2 Å². The highest BCUT2D eigenvalue weighted by molar-refractivity contribution is 5.83. The maximum absolute atomic E-state index is 15.2. The van der Waals surface area contributed by atoms with Crippen molar-refractivity contribution in [2.45, 2.75) is 63.1 Å². The molecule has 2 saturated heterocycles. The summed E-state index contributed by atoms with van der Waals surface area (Å²) in [5, 5.41) is 5.14. The second kappa shape index (κ2) is 10.2. The third kappa shape index (κ3) is 4.87. The van der Waals surface area contributed by atoms with Gasteiger partial charge in [0.15, 0.2) is 0 Å². The summed E-state index contributed by atoms with van der Waals surface area (Å²) in [6, 6.07) is 13.5. The average Bonchev–Trinajstić information content (AvgIpc) is 3.67. The molecule has 0 radical (unpaired) electrons. The number of hydrogen-bond donors (Lipinski definition) is 1. The first-order valence-corrected chi connectivity index (χ1v) is 13.3. The van der Waals surface area contributed by atoms with Gasteiger partial charge in [0.2, 0.25) is 0 Å². The van der Waals surface area contributed by atoms with Crippen molar-refractivity contribution in [1.29, 1.82) is 0 Å². The molecule has 3 fully saturated rings. The van der Waals surface area contributed by atoms with Gasteiger partial charge in [-0.05, 0) is 73.9 Å². The highest BCUT2D eigenvalue weighted by Gasteiger charge is 2.27. The number of fused-ring (bicyclic) bond motifs is 1. The van der Waals surface area contributed by atoms with Gasteiger partial charge < -0.3 is 19.7 Å². The monoisotopic (exact) mass is 491 g/mol. The Morgan fingerprint density at radius 1 is 1.00 bits per heavy atom. The highest BCUT2D eigenvalue weighted by Crippen LogP contribution is 2.28. The number of ether oxygens (including phenoxy) is 2. The van der Waals surface area contributed by atoms with E-state index in [-0.39, 0.29) is 17.5 Å². The van der Waals surface area contributed by atoms with Gasteiger partial charge >= 0.3 is 0 Å². The fraction of sp³-hybridized carbons (Fsp3) is 0.483. The molecule has 2 aromatic carbocycles. The predicted octanol–water partition coefficient (Wildman–Crippen LogP) is 4.80. The lowest BCUT2D eigenvalue weighted by molar-refractivity contribution is 0.0680. The van der Waals surface area contributed by atoms with Crippen LogP contribution in [0.5, 0.6) is 5.75 Å². The lowest BCUT2D eigenvalue weighted by atomic mass is 10.1. The van der Waals surface area contributed by atoms with Crippen LogP contribution in [0, 0.1) is 5.82 Å². The van der Waals surface area contributed by atoms with Crippen molar-refractivity contribution in [3.05, 3.63) is 64.8 Å². The number of nitrogens with one attached hydrogen (secondary N) is 1. The molecule has 1 N–H and O–H groups in total. The summed E-state index contributed by atoms with van der Waals surface area (Å²) < 4.78 is 28.2. The van der Waals surface area contributed by atoms with Crippen molar-refractivity contribution < 1.29 is 13.9 Å². The lowest BCUT2D eigenvalue weighted by Gasteiger charge is -2.22. The first kappa shape index (κ1) is 23.5. The van der Waals surface area contributed by atoms with Crippen molar-refractivity contribution in [2.24, 2.45) is 0 Å². The largest absolute Gasteiger partial charge is 0.491 e. The minimum absolute atomic E-state index is 0.140. The zero-order valence-electron chi connectivity index (χ0n) is 20.6. The predicted molar refractivity (Wildman–Crippen MR) is 140 cm³/mol. The van der Waals surface area contributed by atoms with Crippen LogP contribution in [0.15, 0.2) is 53.5 Å². The van der Waals surface area contributed by atoms with Gasteiger partial charge in [-0.2, -0.15) is 0 Å². The SMILES string of the molecule is O=c1c2ccc(OCC3CCCO3)cc2ccn1-c1ccc(N2CCC(NC3CCCC3)C2)c(F)c1. The summed E-state index contributed by atoms with van der Waals surface area (Å²) in [5.74, 6) is 0.427. The van der Waals surface area contributed by atoms with Gasteiger partial charge in [0, 0.05) is 49.4 Å². The Bertz CT molecular complexity index is 1280. The summed E-state index contributed by atoms with van der Waals surface area (Å²) in [6.07, 6.45) is 10.1. The number of hydrogen-bond acceptors (Lipinski definition) is 5. The molecule has 1 saturated carbocycles. The number of halogens is 1. The van der Waals surface area contributed by atoms with Gasteiger partial charge in [-0.25, -0.2) is 4.39 Å². The summed E-state index contributed by atoms with van der Waals surface area (Å²) in [7, 11) is 0. The molecule has 1 aromatic heterocycles. The topological polar surface area (TPSA) is 55.7 Å². The maximum Gasteiger partial charge on any atom is 0.262 e. The van der Waals surface area contributed by atoms with Crippen LogP contribution in [-0.2, 0) is 4.74 Å². The van der Waals surface area contributed by atoms with E-state index in [1.165, 1.54) is 36.3 Å². The first-order chi connectivity index (χ1) is 17.6. The molecule has 0 spiro atoms. The van der Waals surface area contributed by atoms with Crippen molar-refractivity contribution in [2.75, 3.05) is 31.2 Å². The third-order valence-corrected chi connectivity index (χ3v) is 7.90. The van der Waals surface area contributed by atoms with Gasteiger partial charge in [0.05, 0.1) is 17.5 Å². The van der Waals surface area contributed by atoms with Gasteiger partial charge in [-0.1, -0.05) is 12.8 Å². The zero-order chi connectivity index (χ0) is 24.5. The number of pyridine rings is 1. The van der Waals surface area contributed by atoms with Gasteiger partial charge in [-0.3, -0.25) is 9.36 Å². The second-order valence-corrected chi connectivity index (χ2v) is 10.4. The van der Waals surface area contributed by atoms with Crippen molar-refractivity contribution in [3.63, 3.8) is 0 Å². The highest BCUT2D eigenvalue weighted by atomic mass is 19.1. The fourth-order valence-corrected chi connectivity index (χ4v) is 5.93. The second-order valence-electron chi connectivity index (χ2n) is 10.4. The molecule has 0 amide bonds. The molecule has 2 aliphatic heterocycles. The Kier molecular flexibility index (Phi) is 6.67. The molecule has 2 atom stereocenters. The normalized spacial score (nSPS) is 22.6. The van der Waals surface area contributed by atoms with E-state index >= 15 is 4.39 Å². The number of aromatic nitrogens is 1. The van der Waals surface area contributed by atoms with Crippen LogP contribution in [-0.4, -0.2) is 49.1 Å². The minimum atomic E-state index is -0.293. The number of nitrogens with zero attached hydrogens (tertiary/aromatic N) is 2. The fourth-order valence-electron chi connectivity index (χ4n) is 5.93. The Balaban J connectivity index is 1.17. The molecule has 36 heavy (non-hydrogen) atoms. The number of benzene rings is 2. The minimum Gasteiger partial charge on any atom is -0.491 e. The molecule has 7 heteroatoms. The van der Waals surface area contributed by atoms with Gasteiger partial charge in [0.1, 0.15) is 18.2 Å². The first-order valence-electron chi connectivity index (χ1n) is 13.3. The van der Waals surface area contributed by atoms with Gasteiger partial charge in [0.25, 0.3) is 5.56 Å². The average molecular weight is 492 g/mol. The molecule has 1 aliphatic carbocycles. The molecule has 3 aromatic rings. The molecule has 6 nitrogen and oxygen atoms in total. The van der Waals surface area contributed by atoms with Crippen molar-refractivity contribution >= 4 is 16.5 Å². The van der Waals surface area contributed by atoms with Crippen LogP contribution in [0.2, 0.25) is 0 Å². The Morgan fingerprint density at radius 3 is 2.69 bits per heavy atom. The van der Waals surface area contributed by atoms with Gasteiger partial charge in [-0.15, -0.1) is 0 Å². The van der Waals surface area contributed by atoms with E-state index in [1.54, 1.807) is 18.3 Å². The quantitative estimate of drug-likeness (QED) is 0.515. The molecule has 190 valence electrons. The van der Waals surface area contributed by atoms with Crippen LogP contribution in [0.25, 0.3) is 16.5 Å². The molecule has 2 unspecified atom stereocenters. The van der Waals surface area contributed by atoms with E-state index < -0.39 is 0 Å². The molecule has 3 heterocycles. The summed E-state index contributed by atoms with van der Waals surface area (Å²) in [5.41, 5.74) is 0.963. The number of rotatable bonds is 7. The van der Waals surface area contributed by atoms with Crippen LogP contribution in [0.3, 0.4) is 0 Å². The van der Waals surface area contributed by atoms with Crippen molar-refractivity contribution in [1.82, 2.24) is 9.88 Å². The zero-order valence-corrected chi connectivity index (χ0v) is 20.6. The van der Waals surface area contributed by atoms with Crippen LogP contribution >= 0.6 is 0 Å².